The summed E-state index contributed by atoms with van der Waals surface area (Å²) in [4.78, 5) is 50.4. The Morgan fingerprint density at radius 1 is 0.613 bits per heavy atom. The summed E-state index contributed by atoms with van der Waals surface area (Å²) in [6.07, 6.45) is 0.802. The second-order valence-corrected chi connectivity index (χ2v) is 7.26. The third-order valence-electron chi connectivity index (χ3n) is 5.23. The number of aromatic nitrogens is 2. The van der Waals surface area contributed by atoms with E-state index in [0.717, 1.165) is 9.80 Å². The van der Waals surface area contributed by atoms with Gasteiger partial charge in [-0.2, -0.15) is 0 Å². The lowest BCUT2D eigenvalue weighted by Crippen LogP contribution is -2.28. The molecule has 5 rings (SSSR count). The Balaban J connectivity index is 1.45. The molecule has 1 aromatic heterocycles. The minimum Gasteiger partial charge on any atom is -0.416 e. The number of amides is 4. The first-order chi connectivity index (χ1) is 15.0. The molecule has 0 spiro atoms. The Kier molecular flexibility index (Phi) is 4.43. The highest BCUT2D eigenvalue weighted by Crippen LogP contribution is 2.31. The average Bonchev–Trinajstić information content (AvgIpc) is 3.48. The normalized spacial score (nSPS) is 16.6. The van der Waals surface area contributed by atoms with Gasteiger partial charge in [-0.1, -0.05) is 12.1 Å². The summed E-state index contributed by atoms with van der Waals surface area (Å²) < 4.78 is 5.80. The molecule has 0 unspecified atom stereocenters. The molecular formula is C22H16N4O5. The minimum absolute atomic E-state index is 0.201. The maximum absolute atomic E-state index is 12.0. The van der Waals surface area contributed by atoms with Crippen molar-refractivity contribution >= 4 is 35.0 Å². The van der Waals surface area contributed by atoms with Crippen LogP contribution in [-0.4, -0.2) is 33.8 Å². The molecule has 0 aliphatic carbocycles. The van der Waals surface area contributed by atoms with E-state index in [1.165, 1.54) is 0 Å². The van der Waals surface area contributed by atoms with E-state index >= 15 is 0 Å². The molecule has 3 heterocycles. The number of hydrogen-bond acceptors (Lipinski definition) is 7. The predicted molar refractivity (Wildman–Crippen MR) is 109 cm³/mol. The van der Waals surface area contributed by atoms with Crippen LogP contribution in [-0.2, 0) is 19.2 Å². The molecule has 154 valence electrons. The Hall–Kier alpha value is -4.14. The Bertz CT molecular complexity index is 1120. The van der Waals surface area contributed by atoms with Crippen molar-refractivity contribution in [3.63, 3.8) is 0 Å². The Morgan fingerprint density at radius 3 is 1.39 bits per heavy atom. The molecular weight excluding hydrogens is 400 g/mol. The van der Waals surface area contributed by atoms with Gasteiger partial charge >= 0.3 is 0 Å². The van der Waals surface area contributed by atoms with Crippen molar-refractivity contribution in [1.82, 2.24) is 10.2 Å². The van der Waals surface area contributed by atoms with Crippen LogP contribution in [0.25, 0.3) is 22.9 Å². The number of benzene rings is 2. The van der Waals surface area contributed by atoms with Gasteiger partial charge in [-0.15, -0.1) is 10.2 Å². The molecule has 0 saturated carbocycles. The van der Waals surface area contributed by atoms with Crippen molar-refractivity contribution in [3.8, 4) is 22.9 Å². The number of nitrogens with zero attached hydrogens (tertiary/aromatic N) is 4. The highest BCUT2D eigenvalue weighted by atomic mass is 16.4. The number of hydrogen-bond donors (Lipinski definition) is 0. The maximum Gasteiger partial charge on any atom is 0.248 e. The first-order valence-electron chi connectivity index (χ1n) is 9.77. The minimum atomic E-state index is -0.240. The monoisotopic (exact) mass is 416 g/mol. The number of carbonyl (C=O) groups excluding carboxylic acids is 4. The summed E-state index contributed by atoms with van der Waals surface area (Å²) in [7, 11) is 0. The zero-order valence-electron chi connectivity index (χ0n) is 16.3. The van der Waals surface area contributed by atoms with E-state index in [2.05, 4.69) is 10.2 Å². The third-order valence-corrected chi connectivity index (χ3v) is 5.23. The molecule has 0 bridgehead atoms. The number of rotatable bonds is 4. The summed E-state index contributed by atoms with van der Waals surface area (Å²) >= 11 is 0. The van der Waals surface area contributed by atoms with Gasteiger partial charge in [0, 0.05) is 36.8 Å². The Morgan fingerprint density at radius 2 is 1.00 bits per heavy atom. The lowest BCUT2D eigenvalue weighted by atomic mass is 10.2. The molecule has 9 heteroatoms. The van der Waals surface area contributed by atoms with Gasteiger partial charge in [-0.25, -0.2) is 0 Å². The van der Waals surface area contributed by atoms with Gasteiger partial charge in [0.1, 0.15) is 0 Å². The van der Waals surface area contributed by atoms with E-state index in [4.69, 9.17) is 4.42 Å². The van der Waals surface area contributed by atoms with Gasteiger partial charge < -0.3 is 4.42 Å². The molecule has 2 aliphatic rings. The standard InChI is InChI=1S/C22H16N4O5/c27-17-7-8-18(28)25(17)15-5-1-3-13(11-15)21-23-24-22(31-21)14-4-2-6-16(12-14)26-19(29)9-10-20(26)30/h1-6,11-12H,7-10H2. The van der Waals surface area contributed by atoms with E-state index in [1.54, 1.807) is 48.5 Å². The molecule has 2 aromatic carbocycles. The van der Waals surface area contributed by atoms with Crippen LogP contribution in [0.15, 0.2) is 52.9 Å². The van der Waals surface area contributed by atoms with Gasteiger partial charge in [0.2, 0.25) is 35.4 Å². The van der Waals surface area contributed by atoms with Gasteiger partial charge in [-0.3, -0.25) is 29.0 Å². The van der Waals surface area contributed by atoms with Crippen LogP contribution in [0.2, 0.25) is 0 Å². The first kappa shape index (κ1) is 18.9. The van der Waals surface area contributed by atoms with Crippen LogP contribution >= 0.6 is 0 Å². The van der Waals surface area contributed by atoms with Crippen molar-refractivity contribution in [2.75, 3.05) is 9.80 Å². The van der Waals surface area contributed by atoms with Crippen molar-refractivity contribution in [2.24, 2.45) is 0 Å². The average molecular weight is 416 g/mol. The van der Waals surface area contributed by atoms with E-state index in [-0.39, 0.29) is 61.1 Å². The second kappa shape index (κ2) is 7.28. The van der Waals surface area contributed by atoms with Crippen LogP contribution in [0.5, 0.6) is 0 Å². The molecule has 2 saturated heterocycles. The highest BCUT2D eigenvalue weighted by molar-refractivity contribution is 6.20. The number of imide groups is 2. The summed E-state index contributed by atoms with van der Waals surface area (Å²) in [5.74, 6) is -0.524. The van der Waals surface area contributed by atoms with Crippen LogP contribution in [0.3, 0.4) is 0 Å². The fraction of sp³-hybridized carbons (Fsp3) is 0.182. The molecule has 3 aromatic rings. The molecule has 0 atom stereocenters. The van der Waals surface area contributed by atoms with E-state index < -0.39 is 0 Å². The number of anilines is 2. The SMILES string of the molecule is O=C1CCC(=O)N1c1cccc(-c2nnc(-c3cccc(N4C(=O)CCC4=O)c3)o2)c1. The summed E-state index contributed by atoms with van der Waals surface area (Å²) in [5, 5.41) is 8.15. The topological polar surface area (TPSA) is 114 Å². The molecule has 0 N–H and O–H groups in total. The molecule has 0 radical (unpaired) electrons. The summed E-state index contributed by atoms with van der Waals surface area (Å²) in [5.41, 5.74) is 2.03. The molecule has 2 aliphatic heterocycles. The third kappa shape index (κ3) is 3.29. The smallest absolute Gasteiger partial charge is 0.248 e. The van der Waals surface area contributed by atoms with Gasteiger partial charge in [0.15, 0.2) is 0 Å². The zero-order valence-corrected chi connectivity index (χ0v) is 16.3. The number of carbonyl (C=O) groups is 4. The fourth-order valence-electron chi connectivity index (χ4n) is 3.74. The van der Waals surface area contributed by atoms with Crippen molar-refractivity contribution in [1.29, 1.82) is 0 Å². The van der Waals surface area contributed by atoms with Gasteiger partial charge in [-0.05, 0) is 36.4 Å². The van der Waals surface area contributed by atoms with E-state index in [9.17, 15) is 19.2 Å². The van der Waals surface area contributed by atoms with Gasteiger partial charge in [0.05, 0.1) is 11.4 Å². The van der Waals surface area contributed by atoms with Crippen LogP contribution in [0.1, 0.15) is 25.7 Å². The van der Waals surface area contributed by atoms with Crippen LogP contribution < -0.4 is 9.80 Å². The lowest BCUT2D eigenvalue weighted by Gasteiger charge is -2.14. The maximum atomic E-state index is 12.0. The quantitative estimate of drug-likeness (QED) is 0.601. The van der Waals surface area contributed by atoms with Gasteiger partial charge in [0.25, 0.3) is 0 Å². The molecule has 4 amide bonds. The van der Waals surface area contributed by atoms with Crippen LogP contribution in [0, 0.1) is 0 Å². The molecule has 9 nitrogen and oxygen atoms in total. The largest absolute Gasteiger partial charge is 0.416 e. The fourth-order valence-corrected chi connectivity index (χ4v) is 3.74. The first-order valence-corrected chi connectivity index (χ1v) is 9.77. The molecule has 31 heavy (non-hydrogen) atoms. The lowest BCUT2D eigenvalue weighted by molar-refractivity contribution is -0.122. The zero-order chi connectivity index (χ0) is 21.5. The Labute approximate surface area is 176 Å². The van der Waals surface area contributed by atoms with Crippen molar-refractivity contribution < 1.29 is 23.6 Å². The van der Waals surface area contributed by atoms with E-state index in [0.29, 0.717) is 22.5 Å². The van der Waals surface area contributed by atoms with Crippen molar-refractivity contribution in [2.45, 2.75) is 25.7 Å². The molecule has 2 fully saturated rings. The predicted octanol–water partition coefficient (Wildman–Crippen LogP) is 2.71. The van der Waals surface area contributed by atoms with Crippen molar-refractivity contribution in [3.05, 3.63) is 48.5 Å². The van der Waals surface area contributed by atoms with Crippen LogP contribution in [0.4, 0.5) is 11.4 Å². The summed E-state index contributed by atoms with van der Waals surface area (Å²) in [6, 6.07) is 13.5. The second-order valence-electron chi connectivity index (χ2n) is 7.26. The highest BCUT2D eigenvalue weighted by Gasteiger charge is 2.31. The van der Waals surface area contributed by atoms with E-state index in [1.807, 2.05) is 0 Å². The summed E-state index contributed by atoms with van der Waals surface area (Å²) in [6.45, 7) is 0.